The summed E-state index contributed by atoms with van der Waals surface area (Å²) in [7, 11) is -0.781. The Hall–Kier alpha value is -1.86. The molecule has 0 fully saturated rings. The van der Waals surface area contributed by atoms with Crippen LogP contribution in [-0.4, -0.2) is 33.6 Å². The molecule has 0 bridgehead atoms. The maximum absolute atomic E-state index is 5.69. The van der Waals surface area contributed by atoms with E-state index in [-0.39, 0.29) is 0 Å². The Bertz CT molecular complexity index is 573. The maximum atomic E-state index is 5.69. The molecule has 2 rings (SSSR count). The first-order chi connectivity index (χ1) is 12.3. The number of aryl methyl sites for hydroxylation is 2. The molecule has 2 aromatic carbocycles. The molecule has 0 radical (unpaired) electrons. The van der Waals surface area contributed by atoms with Crippen LogP contribution in [0.5, 0.6) is 5.75 Å². The van der Waals surface area contributed by atoms with Gasteiger partial charge in [-0.15, -0.1) is 0 Å². The molecule has 0 amide bonds. The van der Waals surface area contributed by atoms with E-state index in [4.69, 9.17) is 25.4 Å². The van der Waals surface area contributed by atoms with Crippen LogP contribution in [0.4, 0.5) is 0 Å². The van der Waals surface area contributed by atoms with Gasteiger partial charge < -0.3 is 25.4 Å². The van der Waals surface area contributed by atoms with Gasteiger partial charge in [-0.3, -0.25) is 0 Å². The van der Waals surface area contributed by atoms with E-state index in [2.05, 4.69) is 36.4 Å². The third kappa shape index (κ3) is 7.71. The molecule has 0 saturated carbocycles. The summed E-state index contributed by atoms with van der Waals surface area (Å²) >= 11 is 0. The summed E-state index contributed by atoms with van der Waals surface area (Å²) in [5.41, 5.74) is 13.6. The molecule has 0 aliphatic heterocycles. The Morgan fingerprint density at radius 1 is 0.720 bits per heavy atom. The molecule has 2 aromatic rings. The number of hydrogen-bond donors (Lipinski definition) is 2. The van der Waals surface area contributed by atoms with E-state index in [0.29, 0.717) is 32.1 Å². The van der Waals surface area contributed by atoms with E-state index in [0.717, 1.165) is 19.3 Å². The van der Waals surface area contributed by atoms with Gasteiger partial charge in [0.2, 0.25) is 0 Å². The lowest BCUT2D eigenvalue weighted by Gasteiger charge is -2.15. The van der Waals surface area contributed by atoms with Gasteiger partial charge in [0, 0.05) is 26.3 Å². The van der Waals surface area contributed by atoms with Crippen molar-refractivity contribution >= 4 is 7.32 Å². The average Bonchev–Trinajstić information content (AvgIpc) is 2.66. The largest absolute Gasteiger partial charge is 0.713 e. The second kappa shape index (κ2) is 11.7. The predicted octanol–water partition coefficient (Wildman–Crippen LogP) is 2.18. The van der Waals surface area contributed by atoms with Crippen molar-refractivity contribution in [3.8, 4) is 5.75 Å². The van der Waals surface area contributed by atoms with Crippen LogP contribution in [0.1, 0.15) is 17.5 Å². The second-order valence-electron chi connectivity index (χ2n) is 5.71. The monoisotopic (exact) mass is 342 g/mol. The van der Waals surface area contributed by atoms with E-state index in [1.807, 2.05) is 18.2 Å². The van der Waals surface area contributed by atoms with Crippen molar-refractivity contribution in [2.45, 2.75) is 19.3 Å². The van der Waals surface area contributed by atoms with Crippen LogP contribution in [0.2, 0.25) is 0 Å². The average molecular weight is 342 g/mol. The van der Waals surface area contributed by atoms with Gasteiger partial charge in [-0.1, -0.05) is 42.5 Å². The quantitative estimate of drug-likeness (QED) is 0.578. The predicted molar refractivity (Wildman–Crippen MR) is 101 cm³/mol. The van der Waals surface area contributed by atoms with Crippen molar-refractivity contribution in [3.05, 3.63) is 65.7 Å². The van der Waals surface area contributed by atoms with Gasteiger partial charge in [0.05, 0.1) is 0 Å². The Labute approximate surface area is 150 Å². The Morgan fingerprint density at radius 3 is 1.84 bits per heavy atom. The number of hydrogen-bond acceptors (Lipinski definition) is 5. The van der Waals surface area contributed by atoms with Gasteiger partial charge in [0.25, 0.3) is 0 Å². The molecule has 4 N–H and O–H groups in total. The molecule has 0 heterocycles. The first-order valence-corrected chi connectivity index (χ1v) is 8.74. The van der Waals surface area contributed by atoms with Gasteiger partial charge in [0.1, 0.15) is 5.75 Å². The topological polar surface area (TPSA) is 79.7 Å². The summed E-state index contributed by atoms with van der Waals surface area (Å²) in [6.07, 6.45) is 3.24. The SMILES string of the molecule is NCCOB(OCCN)Oc1ccc(CCCc2ccccc2)cc1. The Balaban J connectivity index is 1.79. The lowest BCUT2D eigenvalue weighted by Crippen LogP contribution is -2.34. The van der Waals surface area contributed by atoms with Gasteiger partial charge in [-0.25, -0.2) is 0 Å². The van der Waals surface area contributed by atoms with Crippen LogP contribution in [0.15, 0.2) is 54.6 Å². The Morgan fingerprint density at radius 2 is 1.28 bits per heavy atom. The highest BCUT2D eigenvalue weighted by Crippen LogP contribution is 2.15. The van der Waals surface area contributed by atoms with Crippen molar-refractivity contribution < 1.29 is 14.0 Å². The lowest BCUT2D eigenvalue weighted by atomic mass is 10.0. The summed E-state index contributed by atoms with van der Waals surface area (Å²) in [4.78, 5) is 0. The molecular weight excluding hydrogens is 315 g/mol. The summed E-state index contributed by atoms with van der Waals surface area (Å²) in [6.45, 7) is 1.55. The van der Waals surface area contributed by atoms with Gasteiger partial charge in [0.15, 0.2) is 0 Å². The van der Waals surface area contributed by atoms with Crippen LogP contribution >= 0.6 is 0 Å². The minimum atomic E-state index is -0.781. The zero-order valence-corrected chi connectivity index (χ0v) is 14.6. The lowest BCUT2D eigenvalue weighted by molar-refractivity contribution is 0.147. The molecule has 25 heavy (non-hydrogen) atoms. The highest BCUT2D eigenvalue weighted by molar-refractivity contribution is 6.37. The van der Waals surface area contributed by atoms with E-state index in [1.165, 1.54) is 11.1 Å². The maximum Gasteiger partial charge on any atom is 0.713 e. The van der Waals surface area contributed by atoms with Crippen LogP contribution in [-0.2, 0) is 22.2 Å². The first-order valence-electron chi connectivity index (χ1n) is 8.74. The second-order valence-corrected chi connectivity index (χ2v) is 5.71. The standard InChI is InChI=1S/C19H27BN2O3/c21-13-15-23-20(24-16-14-22)25-19-11-9-18(10-12-19)8-4-7-17-5-2-1-3-6-17/h1-3,5-6,9-12H,4,7-8,13-16,21-22H2. The molecule has 0 aliphatic carbocycles. The first kappa shape index (κ1) is 19.5. The third-order valence-electron chi connectivity index (χ3n) is 3.67. The van der Waals surface area contributed by atoms with Crippen molar-refractivity contribution in [1.29, 1.82) is 0 Å². The zero-order valence-electron chi connectivity index (χ0n) is 14.6. The van der Waals surface area contributed by atoms with Gasteiger partial charge in [-0.05, 0) is 42.5 Å². The fourth-order valence-corrected chi connectivity index (χ4v) is 2.43. The van der Waals surface area contributed by atoms with Crippen molar-refractivity contribution in [2.24, 2.45) is 11.5 Å². The number of benzene rings is 2. The molecule has 0 aromatic heterocycles. The fourth-order valence-electron chi connectivity index (χ4n) is 2.43. The minimum absolute atomic E-state index is 0.368. The van der Waals surface area contributed by atoms with Gasteiger partial charge in [-0.2, -0.15) is 0 Å². The summed E-state index contributed by atoms with van der Waals surface area (Å²) in [6, 6.07) is 18.6. The summed E-state index contributed by atoms with van der Waals surface area (Å²) in [5, 5.41) is 0. The summed E-state index contributed by atoms with van der Waals surface area (Å²) in [5.74, 6) is 0.700. The smallest absolute Gasteiger partial charge is 0.512 e. The van der Waals surface area contributed by atoms with Crippen LogP contribution in [0, 0.1) is 0 Å². The molecule has 0 aliphatic rings. The highest BCUT2D eigenvalue weighted by atomic mass is 16.7. The molecule has 6 heteroatoms. The fraction of sp³-hybridized carbons (Fsp3) is 0.368. The molecule has 0 saturated heterocycles. The normalized spacial score (nSPS) is 10.6. The Kier molecular flexibility index (Phi) is 9.08. The molecule has 0 spiro atoms. The van der Waals surface area contributed by atoms with Crippen molar-refractivity contribution in [2.75, 3.05) is 26.3 Å². The molecule has 0 atom stereocenters. The zero-order chi connectivity index (χ0) is 17.7. The van der Waals surface area contributed by atoms with E-state index in [9.17, 15) is 0 Å². The molecular formula is C19H27BN2O3. The van der Waals surface area contributed by atoms with Crippen LogP contribution in [0.25, 0.3) is 0 Å². The van der Waals surface area contributed by atoms with E-state index in [1.54, 1.807) is 0 Å². The summed E-state index contributed by atoms with van der Waals surface area (Å²) < 4.78 is 16.5. The van der Waals surface area contributed by atoms with Crippen molar-refractivity contribution in [3.63, 3.8) is 0 Å². The number of nitrogens with two attached hydrogens (primary N) is 2. The van der Waals surface area contributed by atoms with Crippen molar-refractivity contribution in [1.82, 2.24) is 0 Å². The number of rotatable bonds is 12. The van der Waals surface area contributed by atoms with E-state index < -0.39 is 7.32 Å². The molecule has 0 unspecified atom stereocenters. The molecule has 134 valence electrons. The third-order valence-corrected chi connectivity index (χ3v) is 3.67. The van der Waals surface area contributed by atoms with Gasteiger partial charge >= 0.3 is 7.32 Å². The van der Waals surface area contributed by atoms with Crippen LogP contribution in [0.3, 0.4) is 0 Å². The highest BCUT2D eigenvalue weighted by Gasteiger charge is 2.23. The molecule has 5 nitrogen and oxygen atoms in total. The van der Waals surface area contributed by atoms with E-state index >= 15 is 0 Å². The van der Waals surface area contributed by atoms with Crippen LogP contribution < -0.4 is 16.1 Å². The minimum Gasteiger partial charge on any atom is -0.512 e.